The highest BCUT2D eigenvalue weighted by atomic mass is 16.3. The van der Waals surface area contributed by atoms with Crippen molar-refractivity contribution < 1.29 is 5.11 Å². The van der Waals surface area contributed by atoms with Crippen molar-refractivity contribution in [3.8, 4) is 0 Å². The minimum Gasteiger partial charge on any atom is -0.389 e. The fourth-order valence-electron chi connectivity index (χ4n) is 0.815. The van der Waals surface area contributed by atoms with E-state index < -0.39 is 0 Å². The van der Waals surface area contributed by atoms with Crippen LogP contribution in [0.4, 0.5) is 0 Å². The number of hydrogen-bond acceptors (Lipinski definition) is 1. The summed E-state index contributed by atoms with van der Waals surface area (Å²) in [6.45, 7) is 1.74. The second kappa shape index (κ2) is 3.94. The second-order valence-corrected chi connectivity index (χ2v) is 2.51. The summed E-state index contributed by atoms with van der Waals surface area (Å²) in [5.74, 6) is 0. The Labute approximate surface area is 67.0 Å². The molecule has 0 heterocycles. The summed E-state index contributed by atoms with van der Waals surface area (Å²) < 4.78 is 0. The highest BCUT2D eigenvalue weighted by molar-refractivity contribution is 5.48. The average Bonchev–Trinajstić information content (AvgIpc) is 2.03. The Balaban J connectivity index is 2.65. The van der Waals surface area contributed by atoms with Gasteiger partial charge in [0.05, 0.1) is 6.10 Å². The maximum Gasteiger partial charge on any atom is 0.0696 e. The molecule has 0 radical (unpaired) electrons. The lowest BCUT2D eigenvalue weighted by Gasteiger charge is -1.93. The van der Waals surface area contributed by atoms with E-state index in [2.05, 4.69) is 0 Å². The predicted octanol–water partition coefficient (Wildman–Crippen LogP) is 2.08. The van der Waals surface area contributed by atoms with Crippen LogP contribution in [0.2, 0.25) is 0 Å². The van der Waals surface area contributed by atoms with Gasteiger partial charge in [-0.2, -0.15) is 0 Å². The summed E-state index contributed by atoms with van der Waals surface area (Å²) >= 11 is 0. The van der Waals surface area contributed by atoms with Crippen molar-refractivity contribution in [3.05, 3.63) is 42.0 Å². The standard InChI is InChI=1S/C10H12O/c1-9(11)7-8-10-5-3-2-4-6-10/h2-9,11H,1H3/b8-7-/t9-/m1/s1. The minimum atomic E-state index is -0.366. The molecule has 0 aliphatic rings. The van der Waals surface area contributed by atoms with Crippen LogP contribution in [0.1, 0.15) is 12.5 Å². The maximum absolute atomic E-state index is 8.93. The summed E-state index contributed by atoms with van der Waals surface area (Å²) in [6.07, 6.45) is 3.30. The number of aliphatic hydroxyl groups is 1. The molecular weight excluding hydrogens is 136 g/mol. The van der Waals surface area contributed by atoms with Crippen LogP contribution in [-0.4, -0.2) is 11.2 Å². The number of benzene rings is 1. The van der Waals surface area contributed by atoms with Gasteiger partial charge in [-0.1, -0.05) is 42.5 Å². The van der Waals surface area contributed by atoms with Crippen LogP contribution in [0.25, 0.3) is 6.08 Å². The molecule has 0 amide bonds. The Morgan fingerprint density at radius 2 is 1.91 bits per heavy atom. The molecule has 0 saturated heterocycles. The first-order valence-corrected chi connectivity index (χ1v) is 3.70. The molecule has 0 aliphatic heterocycles. The Kier molecular flexibility index (Phi) is 2.87. The molecule has 0 aromatic heterocycles. The van der Waals surface area contributed by atoms with Crippen LogP contribution >= 0.6 is 0 Å². The summed E-state index contributed by atoms with van der Waals surface area (Å²) in [4.78, 5) is 0. The van der Waals surface area contributed by atoms with E-state index in [0.717, 1.165) is 5.56 Å². The van der Waals surface area contributed by atoms with Crippen LogP contribution in [-0.2, 0) is 0 Å². The largest absolute Gasteiger partial charge is 0.389 e. The van der Waals surface area contributed by atoms with Crippen molar-refractivity contribution in [3.63, 3.8) is 0 Å². The lowest BCUT2D eigenvalue weighted by Crippen LogP contribution is -1.90. The SMILES string of the molecule is C[C@@H](O)/C=C\c1ccccc1. The number of hydrogen-bond donors (Lipinski definition) is 1. The van der Waals surface area contributed by atoms with E-state index in [-0.39, 0.29) is 6.10 Å². The molecule has 1 heteroatoms. The molecule has 58 valence electrons. The Bertz CT molecular complexity index is 224. The first-order chi connectivity index (χ1) is 5.29. The molecule has 0 fully saturated rings. The van der Waals surface area contributed by atoms with E-state index in [1.807, 2.05) is 36.4 Å². The first-order valence-electron chi connectivity index (χ1n) is 3.70. The third-order valence-corrected chi connectivity index (χ3v) is 1.37. The van der Waals surface area contributed by atoms with Gasteiger partial charge in [0.2, 0.25) is 0 Å². The molecular formula is C10H12O. The van der Waals surface area contributed by atoms with Crippen LogP contribution in [0.5, 0.6) is 0 Å². The van der Waals surface area contributed by atoms with Gasteiger partial charge in [0.15, 0.2) is 0 Å². The number of aliphatic hydroxyl groups excluding tert-OH is 1. The Morgan fingerprint density at radius 1 is 1.27 bits per heavy atom. The Morgan fingerprint density at radius 3 is 2.45 bits per heavy atom. The Hall–Kier alpha value is -1.08. The highest BCUT2D eigenvalue weighted by Gasteiger charge is 1.85. The quantitative estimate of drug-likeness (QED) is 0.680. The molecule has 1 aromatic carbocycles. The lowest BCUT2D eigenvalue weighted by molar-refractivity contribution is 0.245. The van der Waals surface area contributed by atoms with E-state index in [9.17, 15) is 0 Å². The van der Waals surface area contributed by atoms with Crippen molar-refractivity contribution in [2.75, 3.05) is 0 Å². The maximum atomic E-state index is 8.93. The van der Waals surface area contributed by atoms with Gasteiger partial charge < -0.3 is 5.11 Å². The lowest BCUT2D eigenvalue weighted by atomic mass is 10.2. The van der Waals surface area contributed by atoms with Crippen LogP contribution in [0.15, 0.2) is 36.4 Å². The van der Waals surface area contributed by atoms with E-state index in [4.69, 9.17) is 5.11 Å². The van der Waals surface area contributed by atoms with Crippen LogP contribution in [0, 0.1) is 0 Å². The van der Waals surface area contributed by atoms with Gasteiger partial charge in [-0.25, -0.2) is 0 Å². The summed E-state index contributed by atoms with van der Waals surface area (Å²) in [5, 5.41) is 8.93. The van der Waals surface area contributed by atoms with E-state index >= 15 is 0 Å². The zero-order valence-electron chi connectivity index (χ0n) is 6.57. The normalized spacial score (nSPS) is 13.6. The number of rotatable bonds is 2. The molecule has 1 aromatic rings. The molecule has 0 saturated carbocycles. The fraction of sp³-hybridized carbons (Fsp3) is 0.200. The zero-order valence-corrected chi connectivity index (χ0v) is 6.57. The predicted molar refractivity (Wildman–Crippen MR) is 47.2 cm³/mol. The molecule has 1 N–H and O–H groups in total. The molecule has 0 spiro atoms. The van der Waals surface area contributed by atoms with Gasteiger partial charge in [-0.05, 0) is 12.5 Å². The van der Waals surface area contributed by atoms with Crippen molar-refractivity contribution in [1.82, 2.24) is 0 Å². The van der Waals surface area contributed by atoms with E-state index in [1.54, 1.807) is 13.0 Å². The van der Waals surface area contributed by atoms with Crippen LogP contribution in [0.3, 0.4) is 0 Å². The molecule has 1 nitrogen and oxygen atoms in total. The first kappa shape index (κ1) is 8.02. The molecule has 1 rings (SSSR count). The van der Waals surface area contributed by atoms with Crippen molar-refractivity contribution in [2.24, 2.45) is 0 Å². The summed E-state index contributed by atoms with van der Waals surface area (Å²) in [7, 11) is 0. The molecule has 0 unspecified atom stereocenters. The van der Waals surface area contributed by atoms with Gasteiger partial charge in [0, 0.05) is 0 Å². The van der Waals surface area contributed by atoms with Gasteiger partial charge in [0.1, 0.15) is 0 Å². The third kappa shape index (κ3) is 3.01. The monoisotopic (exact) mass is 148 g/mol. The average molecular weight is 148 g/mol. The van der Waals surface area contributed by atoms with E-state index in [1.165, 1.54) is 0 Å². The summed E-state index contributed by atoms with van der Waals surface area (Å²) in [5.41, 5.74) is 1.12. The van der Waals surface area contributed by atoms with Gasteiger partial charge in [-0.3, -0.25) is 0 Å². The van der Waals surface area contributed by atoms with Crippen molar-refractivity contribution >= 4 is 6.08 Å². The molecule has 0 aliphatic carbocycles. The second-order valence-electron chi connectivity index (χ2n) is 2.51. The third-order valence-electron chi connectivity index (χ3n) is 1.37. The fourth-order valence-corrected chi connectivity index (χ4v) is 0.815. The highest BCUT2D eigenvalue weighted by Crippen LogP contribution is 2.01. The molecule has 0 bridgehead atoms. The zero-order chi connectivity index (χ0) is 8.10. The van der Waals surface area contributed by atoms with Gasteiger partial charge in [0.25, 0.3) is 0 Å². The van der Waals surface area contributed by atoms with Crippen LogP contribution < -0.4 is 0 Å². The summed E-state index contributed by atoms with van der Waals surface area (Å²) in [6, 6.07) is 9.92. The van der Waals surface area contributed by atoms with Gasteiger partial charge in [-0.15, -0.1) is 0 Å². The van der Waals surface area contributed by atoms with Crippen molar-refractivity contribution in [1.29, 1.82) is 0 Å². The smallest absolute Gasteiger partial charge is 0.0696 e. The topological polar surface area (TPSA) is 20.2 Å². The molecule has 1 atom stereocenters. The minimum absolute atomic E-state index is 0.366. The van der Waals surface area contributed by atoms with Gasteiger partial charge >= 0.3 is 0 Å². The molecule has 11 heavy (non-hydrogen) atoms. The van der Waals surface area contributed by atoms with Crippen molar-refractivity contribution in [2.45, 2.75) is 13.0 Å². The van der Waals surface area contributed by atoms with E-state index in [0.29, 0.717) is 0 Å².